The number of nitrogens with one attached hydrogen (secondary N) is 2. The number of hydrogen-bond acceptors (Lipinski definition) is 5. The highest BCUT2D eigenvalue weighted by Crippen LogP contribution is 2.28. The Hall–Kier alpha value is -2.19. The second-order valence-electron chi connectivity index (χ2n) is 6.39. The Balaban J connectivity index is 1.56. The number of piperazine rings is 1. The molecule has 2 saturated heterocycles. The molecule has 0 saturated carbocycles. The molecule has 132 valence electrons. The third-order valence-electron chi connectivity index (χ3n) is 4.76. The number of piperidine rings is 1. The van der Waals surface area contributed by atoms with E-state index in [2.05, 4.69) is 15.7 Å². The first kappa shape index (κ1) is 16.3. The minimum Gasteiger partial charge on any atom is -0.352 e. The average molecular weight is 359 g/mol. The average Bonchev–Trinajstić information content (AvgIpc) is 3.34. The molecule has 0 aromatic carbocycles. The van der Waals surface area contributed by atoms with Crippen molar-refractivity contribution < 1.29 is 9.59 Å². The molecule has 0 aliphatic carbocycles. The molecular formula is C17H21N5O2S. The van der Waals surface area contributed by atoms with Gasteiger partial charge in [0.05, 0.1) is 6.04 Å². The number of hydrogen-bond donors (Lipinski definition) is 2. The van der Waals surface area contributed by atoms with E-state index in [9.17, 15) is 9.59 Å². The van der Waals surface area contributed by atoms with Crippen LogP contribution in [-0.2, 0) is 4.79 Å². The lowest BCUT2D eigenvalue weighted by Gasteiger charge is -2.34. The SMILES string of the molecule is O=C1NCCN(C(=O)c2ccn(C3CCCNC3)n2)C1c1cccs1. The van der Waals surface area contributed by atoms with Gasteiger partial charge in [-0.2, -0.15) is 5.10 Å². The summed E-state index contributed by atoms with van der Waals surface area (Å²) in [5, 5.41) is 12.6. The van der Waals surface area contributed by atoms with E-state index in [1.807, 2.05) is 28.4 Å². The summed E-state index contributed by atoms with van der Waals surface area (Å²) in [6.45, 7) is 2.87. The highest BCUT2D eigenvalue weighted by atomic mass is 32.1. The van der Waals surface area contributed by atoms with Gasteiger partial charge in [-0.25, -0.2) is 0 Å². The summed E-state index contributed by atoms with van der Waals surface area (Å²) in [7, 11) is 0. The van der Waals surface area contributed by atoms with Gasteiger partial charge in [0.25, 0.3) is 5.91 Å². The maximum absolute atomic E-state index is 13.0. The lowest BCUT2D eigenvalue weighted by molar-refractivity contribution is -0.127. The molecule has 2 fully saturated rings. The van der Waals surface area contributed by atoms with Gasteiger partial charge in [0, 0.05) is 30.7 Å². The molecule has 2 aromatic heterocycles. The number of amides is 2. The smallest absolute Gasteiger partial charge is 0.275 e. The van der Waals surface area contributed by atoms with Crippen LogP contribution in [0.25, 0.3) is 0 Å². The zero-order chi connectivity index (χ0) is 17.2. The van der Waals surface area contributed by atoms with E-state index in [0.717, 1.165) is 30.8 Å². The van der Waals surface area contributed by atoms with Crippen LogP contribution in [0.5, 0.6) is 0 Å². The fraction of sp³-hybridized carbons (Fsp3) is 0.471. The van der Waals surface area contributed by atoms with Crippen LogP contribution < -0.4 is 10.6 Å². The Bertz CT molecular complexity index is 751. The molecule has 7 nitrogen and oxygen atoms in total. The first-order chi connectivity index (χ1) is 12.2. The number of thiophene rings is 1. The van der Waals surface area contributed by atoms with Crippen molar-refractivity contribution in [3.05, 3.63) is 40.3 Å². The van der Waals surface area contributed by atoms with Gasteiger partial charge in [-0.3, -0.25) is 14.3 Å². The van der Waals surface area contributed by atoms with E-state index in [1.165, 1.54) is 11.3 Å². The van der Waals surface area contributed by atoms with Crippen LogP contribution in [0.2, 0.25) is 0 Å². The highest BCUT2D eigenvalue weighted by Gasteiger charge is 2.36. The molecule has 4 heterocycles. The molecule has 2 aliphatic rings. The van der Waals surface area contributed by atoms with E-state index in [-0.39, 0.29) is 17.9 Å². The number of carbonyl (C=O) groups excluding carboxylic acids is 2. The summed E-state index contributed by atoms with van der Waals surface area (Å²) in [6.07, 6.45) is 4.04. The third kappa shape index (κ3) is 3.19. The third-order valence-corrected chi connectivity index (χ3v) is 5.68. The first-order valence-corrected chi connectivity index (χ1v) is 9.50. The van der Waals surface area contributed by atoms with E-state index >= 15 is 0 Å². The fourth-order valence-corrected chi connectivity index (χ4v) is 4.31. The van der Waals surface area contributed by atoms with Crippen LogP contribution in [0.3, 0.4) is 0 Å². The zero-order valence-corrected chi connectivity index (χ0v) is 14.7. The van der Waals surface area contributed by atoms with Gasteiger partial charge in [0.2, 0.25) is 5.91 Å². The summed E-state index contributed by atoms with van der Waals surface area (Å²) >= 11 is 1.49. The molecule has 2 atom stereocenters. The Morgan fingerprint density at radius 2 is 2.24 bits per heavy atom. The Morgan fingerprint density at radius 3 is 3.00 bits per heavy atom. The summed E-state index contributed by atoms with van der Waals surface area (Å²) < 4.78 is 1.88. The van der Waals surface area contributed by atoms with Crippen LogP contribution in [0.1, 0.15) is 40.3 Å². The molecule has 2 unspecified atom stereocenters. The first-order valence-electron chi connectivity index (χ1n) is 8.62. The molecule has 2 amide bonds. The predicted molar refractivity (Wildman–Crippen MR) is 94.5 cm³/mol. The van der Waals surface area contributed by atoms with Crippen molar-refractivity contribution in [1.29, 1.82) is 0 Å². The van der Waals surface area contributed by atoms with E-state index in [0.29, 0.717) is 18.8 Å². The molecule has 8 heteroatoms. The van der Waals surface area contributed by atoms with Gasteiger partial charge in [-0.05, 0) is 36.9 Å². The number of carbonyl (C=O) groups is 2. The van der Waals surface area contributed by atoms with Crippen molar-refractivity contribution in [2.45, 2.75) is 24.9 Å². The van der Waals surface area contributed by atoms with Gasteiger partial charge in [0.1, 0.15) is 11.7 Å². The summed E-state index contributed by atoms with van der Waals surface area (Å²) in [5.74, 6) is -0.311. The maximum atomic E-state index is 13.0. The van der Waals surface area contributed by atoms with Crippen LogP contribution in [0.15, 0.2) is 29.8 Å². The maximum Gasteiger partial charge on any atom is 0.275 e. The molecule has 2 aliphatic heterocycles. The van der Waals surface area contributed by atoms with Crippen LogP contribution in [0, 0.1) is 0 Å². The zero-order valence-electron chi connectivity index (χ0n) is 13.9. The molecular weight excluding hydrogens is 338 g/mol. The molecule has 4 rings (SSSR count). The molecule has 0 spiro atoms. The van der Waals surface area contributed by atoms with Gasteiger partial charge in [0.15, 0.2) is 0 Å². The van der Waals surface area contributed by atoms with E-state index < -0.39 is 6.04 Å². The van der Waals surface area contributed by atoms with Gasteiger partial charge in [-0.15, -0.1) is 11.3 Å². The van der Waals surface area contributed by atoms with Crippen molar-refractivity contribution in [1.82, 2.24) is 25.3 Å². The molecule has 0 radical (unpaired) electrons. The van der Waals surface area contributed by atoms with E-state index in [4.69, 9.17) is 0 Å². The van der Waals surface area contributed by atoms with Crippen molar-refractivity contribution in [2.24, 2.45) is 0 Å². The lowest BCUT2D eigenvalue weighted by atomic mass is 10.1. The number of aromatic nitrogens is 2. The highest BCUT2D eigenvalue weighted by molar-refractivity contribution is 7.10. The second-order valence-corrected chi connectivity index (χ2v) is 7.37. The van der Waals surface area contributed by atoms with Crippen LogP contribution in [0.4, 0.5) is 0 Å². The van der Waals surface area contributed by atoms with Crippen molar-refractivity contribution in [2.75, 3.05) is 26.2 Å². The van der Waals surface area contributed by atoms with Crippen molar-refractivity contribution >= 4 is 23.2 Å². The van der Waals surface area contributed by atoms with Gasteiger partial charge >= 0.3 is 0 Å². The summed E-state index contributed by atoms with van der Waals surface area (Å²) in [4.78, 5) is 27.9. The Morgan fingerprint density at radius 1 is 1.32 bits per heavy atom. The minimum absolute atomic E-state index is 0.127. The van der Waals surface area contributed by atoms with Crippen molar-refractivity contribution in [3.8, 4) is 0 Å². The number of rotatable bonds is 3. The topological polar surface area (TPSA) is 79.3 Å². The monoisotopic (exact) mass is 359 g/mol. The van der Waals surface area contributed by atoms with Crippen molar-refractivity contribution in [3.63, 3.8) is 0 Å². The predicted octanol–water partition coefficient (Wildman–Crippen LogP) is 1.18. The minimum atomic E-state index is -0.567. The number of nitrogens with zero attached hydrogens (tertiary/aromatic N) is 3. The molecule has 0 bridgehead atoms. The van der Waals surface area contributed by atoms with Crippen LogP contribution in [-0.4, -0.2) is 52.7 Å². The molecule has 25 heavy (non-hydrogen) atoms. The quantitative estimate of drug-likeness (QED) is 0.863. The van der Waals surface area contributed by atoms with E-state index in [1.54, 1.807) is 11.0 Å². The largest absolute Gasteiger partial charge is 0.352 e. The van der Waals surface area contributed by atoms with Gasteiger partial charge < -0.3 is 15.5 Å². The normalized spacial score (nSPS) is 24.2. The Labute approximate surface area is 150 Å². The summed E-state index contributed by atoms with van der Waals surface area (Å²) in [6, 6.07) is 5.27. The van der Waals surface area contributed by atoms with Crippen LogP contribution >= 0.6 is 11.3 Å². The fourth-order valence-electron chi connectivity index (χ4n) is 3.48. The standard InChI is InChI=1S/C17H21N5O2S/c23-16-15(14-4-2-10-25-14)21(9-7-19-16)17(24)13-5-8-22(20-13)12-3-1-6-18-11-12/h2,4-5,8,10,12,15,18H,1,3,6-7,9,11H2,(H,19,23). The lowest BCUT2D eigenvalue weighted by Crippen LogP contribution is -2.52. The summed E-state index contributed by atoms with van der Waals surface area (Å²) in [5.41, 5.74) is 0.404. The Kier molecular flexibility index (Phi) is 4.54. The second kappa shape index (κ2) is 6.97. The van der Waals surface area contributed by atoms with Gasteiger partial charge in [-0.1, -0.05) is 6.07 Å². The molecule has 2 aromatic rings. The molecule has 2 N–H and O–H groups in total.